The van der Waals surface area contributed by atoms with E-state index in [4.69, 9.17) is 9.97 Å². The van der Waals surface area contributed by atoms with Crippen molar-refractivity contribution in [1.29, 1.82) is 0 Å². The van der Waals surface area contributed by atoms with Gasteiger partial charge < -0.3 is 9.80 Å². The molecular formula is C59H42N4. The normalized spacial score (nSPS) is 12.2. The zero-order valence-corrected chi connectivity index (χ0v) is 34.8. The molecule has 0 spiro atoms. The van der Waals surface area contributed by atoms with Crippen molar-refractivity contribution in [2.45, 2.75) is 6.92 Å². The highest BCUT2D eigenvalue weighted by Crippen LogP contribution is 2.46. The summed E-state index contributed by atoms with van der Waals surface area (Å²) in [6.07, 6.45) is 2.22. The van der Waals surface area contributed by atoms with Crippen LogP contribution in [-0.2, 0) is 0 Å². The average molecular weight is 807 g/mol. The van der Waals surface area contributed by atoms with Crippen molar-refractivity contribution in [2.24, 2.45) is 0 Å². The second-order valence-corrected chi connectivity index (χ2v) is 15.7. The molecule has 0 atom stereocenters. The van der Waals surface area contributed by atoms with E-state index in [9.17, 15) is 0 Å². The van der Waals surface area contributed by atoms with E-state index in [0.29, 0.717) is 0 Å². The van der Waals surface area contributed by atoms with Crippen LogP contribution < -0.4 is 9.80 Å². The van der Waals surface area contributed by atoms with Crippen LogP contribution in [0.1, 0.15) is 18.1 Å². The summed E-state index contributed by atoms with van der Waals surface area (Å²) in [5, 5.41) is 0. The van der Waals surface area contributed by atoms with Crippen molar-refractivity contribution in [3.05, 3.63) is 248 Å². The number of fused-ring (bicyclic) bond motifs is 4. The lowest BCUT2D eigenvalue weighted by atomic mass is 9.96. The number of nitrogens with zero attached hydrogens (tertiary/aromatic N) is 4. The quantitative estimate of drug-likeness (QED) is 0.145. The molecule has 0 fully saturated rings. The molecule has 63 heavy (non-hydrogen) atoms. The lowest BCUT2D eigenvalue weighted by molar-refractivity contribution is 1.25. The predicted octanol–water partition coefficient (Wildman–Crippen LogP) is 16.0. The smallest absolute Gasteiger partial charge is 0.0973 e. The number of hydrogen-bond donors (Lipinski definition) is 0. The molecular weight excluding hydrogens is 765 g/mol. The van der Waals surface area contributed by atoms with Gasteiger partial charge in [-0.05, 0) is 125 Å². The van der Waals surface area contributed by atoms with Crippen LogP contribution in [0.15, 0.2) is 237 Å². The fourth-order valence-electron chi connectivity index (χ4n) is 9.03. The third kappa shape index (κ3) is 6.94. The Hall–Kier alpha value is -8.34. The molecule has 11 rings (SSSR count). The van der Waals surface area contributed by atoms with Gasteiger partial charge in [-0.2, -0.15) is 0 Å². The van der Waals surface area contributed by atoms with Crippen molar-refractivity contribution in [3.63, 3.8) is 0 Å². The van der Waals surface area contributed by atoms with Gasteiger partial charge in [-0.1, -0.05) is 152 Å². The minimum atomic E-state index is 0.843. The van der Waals surface area contributed by atoms with Gasteiger partial charge in [0.1, 0.15) is 0 Å². The van der Waals surface area contributed by atoms with Crippen LogP contribution in [-0.4, -0.2) is 9.97 Å². The Labute approximate surface area is 368 Å². The zero-order chi connectivity index (χ0) is 42.1. The van der Waals surface area contributed by atoms with Crippen molar-refractivity contribution >= 4 is 50.7 Å². The Balaban J connectivity index is 0.986. The molecule has 10 aromatic rings. The van der Waals surface area contributed by atoms with E-state index < -0.39 is 0 Å². The van der Waals surface area contributed by atoms with Crippen LogP contribution in [0.5, 0.6) is 0 Å². The molecule has 1 aromatic heterocycles. The van der Waals surface area contributed by atoms with Gasteiger partial charge >= 0.3 is 0 Å². The van der Waals surface area contributed by atoms with E-state index in [2.05, 4.69) is 247 Å². The third-order valence-corrected chi connectivity index (χ3v) is 12.0. The Kier molecular flexibility index (Phi) is 9.72. The molecule has 9 aromatic carbocycles. The van der Waals surface area contributed by atoms with Crippen molar-refractivity contribution < 1.29 is 0 Å². The highest BCUT2D eigenvalue weighted by atomic mass is 15.2. The van der Waals surface area contributed by atoms with Crippen LogP contribution in [0, 0.1) is 0 Å². The highest BCUT2D eigenvalue weighted by molar-refractivity contribution is 6.04. The van der Waals surface area contributed by atoms with Crippen molar-refractivity contribution in [1.82, 2.24) is 9.97 Å². The molecule has 0 unspecified atom stereocenters. The van der Waals surface area contributed by atoms with E-state index in [1.165, 1.54) is 27.8 Å². The Morgan fingerprint density at radius 3 is 1.29 bits per heavy atom. The second kappa shape index (κ2) is 16.3. The van der Waals surface area contributed by atoms with Crippen molar-refractivity contribution in [2.75, 3.05) is 9.80 Å². The minimum Gasteiger partial charge on any atom is -0.311 e. The Morgan fingerprint density at radius 2 is 0.730 bits per heavy atom. The van der Waals surface area contributed by atoms with Gasteiger partial charge in [0, 0.05) is 50.8 Å². The van der Waals surface area contributed by atoms with Gasteiger partial charge in [0.25, 0.3) is 0 Å². The predicted molar refractivity (Wildman–Crippen MR) is 263 cm³/mol. The molecule has 298 valence electrons. The molecule has 0 saturated carbocycles. The van der Waals surface area contributed by atoms with Gasteiger partial charge in [0.05, 0.1) is 22.4 Å². The summed E-state index contributed by atoms with van der Waals surface area (Å²) in [4.78, 5) is 15.5. The molecule has 4 nitrogen and oxygen atoms in total. The molecule has 4 heteroatoms. The van der Waals surface area contributed by atoms with Crippen molar-refractivity contribution in [3.8, 4) is 44.8 Å². The van der Waals surface area contributed by atoms with Gasteiger partial charge in [-0.25, -0.2) is 9.97 Å². The molecule has 1 aliphatic carbocycles. The summed E-state index contributed by atoms with van der Waals surface area (Å²) in [6.45, 7) is 2.12. The number of rotatable bonds is 9. The van der Waals surface area contributed by atoms with Crippen LogP contribution in [0.3, 0.4) is 0 Å². The maximum absolute atomic E-state index is 5.50. The minimum absolute atomic E-state index is 0.843. The lowest BCUT2D eigenvalue weighted by Gasteiger charge is -2.28. The lowest BCUT2D eigenvalue weighted by Crippen LogP contribution is -2.12. The molecule has 0 saturated heterocycles. The van der Waals surface area contributed by atoms with Gasteiger partial charge in [-0.3, -0.25) is 0 Å². The summed E-state index contributed by atoms with van der Waals surface area (Å²) >= 11 is 0. The molecule has 0 aliphatic heterocycles. The topological polar surface area (TPSA) is 32.3 Å². The zero-order valence-electron chi connectivity index (χ0n) is 34.8. The van der Waals surface area contributed by atoms with Crippen LogP contribution in [0.4, 0.5) is 34.1 Å². The molecule has 0 bridgehead atoms. The van der Waals surface area contributed by atoms with E-state index in [0.717, 1.165) is 78.8 Å². The maximum Gasteiger partial charge on any atom is 0.0973 e. The van der Waals surface area contributed by atoms with Gasteiger partial charge in [0.2, 0.25) is 0 Å². The Morgan fingerprint density at radius 1 is 0.317 bits per heavy atom. The number of aromatic nitrogens is 2. The fraction of sp³-hybridized carbons (Fsp3) is 0.0169. The first kappa shape index (κ1) is 37.6. The standard InChI is InChI=1S/C59H42N4/c1-2-50-52-26-15-16-27-53(52)55-40-43(32-39-54(50)55)51-28-17-29-56-59(51)61-58(41-18-7-3-8-19-41)57(60-56)42-30-33-47(34-31-42)63(46-24-13-6-14-25-46)49-37-35-48(36-38-49)62(44-20-9-4-10-21-44)45-22-11-5-12-23-45/h2-40H,1H3/b50-2-. The second-order valence-electron chi connectivity index (χ2n) is 15.7. The average Bonchev–Trinajstić information content (AvgIpc) is 3.68. The fourth-order valence-corrected chi connectivity index (χ4v) is 9.03. The molecule has 0 amide bonds. The van der Waals surface area contributed by atoms with Gasteiger partial charge in [-0.15, -0.1) is 0 Å². The molecule has 1 aliphatic rings. The van der Waals surface area contributed by atoms with Crippen LogP contribution in [0.25, 0.3) is 61.4 Å². The van der Waals surface area contributed by atoms with E-state index in [1.54, 1.807) is 0 Å². The van der Waals surface area contributed by atoms with E-state index in [-0.39, 0.29) is 0 Å². The number of para-hydroxylation sites is 4. The number of anilines is 6. The summed E-state index contributed by atoms with van der Waals surface area (Å²) in [6, 6.07) is 81.4. The number of allylic oxidation sites excluding steroid dienone is 1. The number of hydrogen-bond acceptors (Lipinski definition) is 4. The van der Waals surface area contributed by atoms with E-state index in [1.807, 2.05) is 6.07 Å². The summed E-state index contributed by atoms with van der Waals surface area (Å²) in [5.41, 5.74) is 20.4. The summed E-state index contributed by atoms with van der Waals surface area (Å²) in [7, 11) is 0. The van der Waals surface area contributed by atoms with Crippen LogP contribution >= 0.6 is 0 Å². The first-order valence-electron chi connectivity index (χ1n) is 21.4. The SMILES string of the molecule is C/C=C1/c2ccccc2-c2cc(-c3cccc4nc(-c5ccc(N(c6ccccc6)c6ccc(N(c7ccccc7)c7ccccc7)cc6)cc5)c(-c5ccccc5)nc34)ccc21. The maximum atomic E-state index is 5.50. The molecule has 0 N–H and O–H groups in total. The third-order valence-electron chi connectivity index (χ3n) is 12.0. The molecule has 1 heterocycles. The molecule has 0 radical (unpaired) electrons. The van der Waals surface area contributed by atoms with E-state index >= 15 is 0 Å². The monoisotopic (exact) mass is 806 g/mol. The largest absolute Gasteiger partial charge is 0.311 e. The summed E-state index contributed by atoms with van der Waals surface area (Å²) < 4.78 is 0. The van der Waals surface area contributed by atoms with Crippen LogP contribution in [0.2, 0.25) is 0 Å². The first-order valence-corrected chi connectivity index (χ1v) is 21.4. The highest BCUT2D eigenvalue weighted by Gasteiger charge is 2.24. The summed E-state index contributed by atoms with van der Waals surface area (Å²) in [5.74, 6) is 0. The number of benzene rings is 9. The Bertz CT molecular complexity index is 3220. The van der Waals surface area contributed by atoms with Gasteiger partial charge in [0.15, 0.2) is 0 Å². The first-order chi connectivity index (χ1) is 31.2.